The fourth-order valence-electron chi connectivity index (χ4n) is 12.4. The molecule has 0 aliphatic heterocycles. The zero-order valence-corrected chi connectivity index (χ0v) is 31.1. The van der Waals surface area contributed by atoms with Gasteiger partial charge >= 0.3 is 0 Å². The predicted molar refractivity (Wildman–Crippen MR) is 204 cm³/mol. The van der Waals surface area contributed by atoms with Crippen molar-refractivity contribution in [2.24, 2.45) is 52.3 Å². The second-order valence-electron chi connectivity index (χ2n) is 18.1. The van der Waals surface area contributed by atoms with Gasteiger partial charge in [-0.15, -0.1) is 0 Å². The highest BCUT2D eigenvalue weighted by atomic mass is 16.5. The van der Waals surface area contributed by atoms with E-state index >= 15 is 0 Å². The lowest BCUT2D eigenvalue weighted by Gasteiger charge is -2.63. The number of hydrogen-bond donors (Lipinski definition) is 2. The summed E-state index contributed by atoms with van der Waals surface area (Å²) in [4.78, 5) is 0. The molecule has 3 aromatic carbocycles. The first-order chi connectivity index (χ1) is 23.5. The highest BCUT2D eigenvalue weighted by molar-refractivity contribution is 5.45. The van der Waals surface area contributed by atoms with Crippen LogP contribution < -0.4 is 10.5 Å². The molecule has 7 rings (SSSR count). The number of nitrogen functional groups attached to an aromatic ring is 1. The van der Waals surface area contributed by atoms with Crippen LogP contribution in [0, 0.1) is 52.3 Å². The quantitative estimate of drug-likeness (QED) is 0.213. The van der Waals surface area contributed by atoms with Gasteiger partial charge in [-0.3, -0.25) is 0 Å². The molecule has 0 aromatic heterocycles. The van der Waals surface area contributed by atoms with Crippen LogP contribution in [0.4, 0.5) is 5.69 Å². The van der Waals surface area contributed by atoms with E-state index in [0.29, 0.717) is 29.1 Å². The molecular weight excluding hydrogens is 599 g/mol. The second-order valence-corrected chi connectivity index (χ2v) is 18.1. The lowest BCUT2D eigenvalue weighted by molar-refractivity contribution is -0.122. The topological polar surface area (TPSA) is 55.5 Å². The van der Waals surface area contributed by atoms with Gasteiger partial charge in [0.05, 0.1) is 0 Å². The number of ether oxygens (including phenoxy) is 1. The van der Waals surface area contributed by atoms with E-state index in [2.05, 4.69) is 71.0 Å². The normalized spacial score (nSPS) is 34.5. The molecule has 0 saturated heterocycles. The SMILES string of the molecule is CC(C)CCCC(C)C1CCC2C3CCC4CC(c5ccc(O)cc5)(c5ccc(OCc6ccc(N)cc6)cc5)CCC4(C)C3CCC12C. The van der Waals surface area contributed by atoms with Crippen molar-refractivity contribution >= 4 is 5.69 Å². The summed E-state index contributed by atoms with van der Waals surface area (Å²) in [7, 11) is 0. The first-order valence-electron chi connectivity index (χ1n) is 19.9. The minimum Gasteiger partial charge on any atom is -0.508 e. The Hall–Kier alpha value is -2.94. The number of fused-ring (bicyclic) bond motifs is 5. The van der Waals surface area contributed by atoms with Crippen LogP contribution in [0.1, 0.15) is 128 Å². The molecule has 0 amide bonds. The van der Waals surface area contributed by atoms with Gasteiger partial charge in [0, 0.05) is 11.1 Å². The van der Waals surface area contributed by atoms with Crippen LogP contribution in [0.5, 0.6) is 11.5 Å². The number of aromatic hydroxyl groups is 1. The van der Waals surface area contributed by atoms with E-state index < -0.39 is 0 Å². The molecule has 0 heterocycles. The van der Waals surface area contributed by atoms with Crippen molar-refractivity contribution in [1.82, 2.24) is 0 Å². The third kappa shape index (κ3) is 6.42. The van der Waals surface area contributed by atoms with E-state index in [4.69, 9.17) is 10.5 Å². The minimum atomic E-state index is -0.0484. The van der Waals surface area contributed by atoms with E-state index in [0.717, 1.165) is 58.9 Å². The van der Waals surface area contributed by atoms with Gasteiger partial charge in [-0.1, -0.05) is 90.3 Å². The zero-order chi connectivity index (χ0) is 34.4. The van der Waals surface area contributed by atoms with Crippen molar-refractivity contribution in [2.75, 3.05) is 5.73 Å². The molecule has 4 aliphatic carbocycles. The highest BCUT2D eigenvalue weighted by Gasteiger charge is 2.62. The van der Waals surface area contributed by atoms with Crippen LogP contribution in [0.25, 0.3) is 0 Å². The second kappa shape index (κ2) is 13.6. The molecule has 0 radical (unpaired) electrons. The first-order valence-corrected chi connectivity index (χ1v) is 19.9. The van der Waals surface area contributed by atoms with Gasteiger partial charge in [-0.05, 0) is 163 Å². The molecule has 3 heteroatoms. The number of benzene rings is 3. The average Bonchev–Trinajstić information content (AvgIpc) is 3.45. The smallest absolute Gasteiger partial charge is 0.119 e. The van der Waals surface area contributed by atoms with Crippen LogP contribution in [-0.2, 0) is 12.0 Å². The molecule has 3 nitrogen and oxygen atoms in total. The molecule has 4 saturated carbocycles. The fourth-order valence-corrected chi connectivity index (χ4v) is 12.4. The number of phenols is 1. The van der Waals surface area contributed by atoms with Gasteiger partial charge in [-0.25, -0.2) is 0 Å². The third-order valence-electron chi connectivity index (χ3n) is 15.2. The minimum absolute atomic E-state index is 0.0484. The van der Waals surface area contributed by atoms with Gasteiger partial charge in [0.25, 0.3) is 0 Å². The van der Waals surface area contributed by atoms with Crippen LogP contribution in [0.2, 0.25) is 0 Å². The third-order valence-corrected chi connectivity index (χ3v) is 15.2. The summed E-state index contributed by atoms with van der Waals surface area (Å²) in [6, 6.07) is 25.1. The maximum atomic E-state index is 10.3. The summed E-state index contributed by atoms with van der Waals surface area (Å²) in [5.41, 5.74) is 11.4. The van der Waals surface area contributed by atoms with E-state index in [9.17, 15) is 5.11 Å². The van der Waals surface area contributed by atoms with Gasteiger partial charge in [0.15, 0.2) is 0 Å². The van der Waals surface area contributed by atoms with Crippen molar-refractivity contribution in [3.05, 3.63) is 89.5 Å². The number of phenolic OH excluding ortho intramolecular Hbond substituents is 1. The van der Waals surface area contributed by atoms with E-state index in [1.165, 1.54) is 81.8 Å². The Morgan fingerprint density at radius 2 is 1.41 bits per heavy atom. The Morgan fingerprint density at radius 1 is 0.735 bits per heavy atom. The Balaban J connectivity index is 1.10. The number of anilines is 1. The van der Waals surface area contributed by atoms with Crippen molar-refractivity contribution in [3.63, 3.8) is 0 Å². The summed E-state index contributed by atoms with van der Waals surface area (Å²) in [5.74, 6) is 7.27. The lowest BCUT2D eigenvalue weighted by atomic mass is 9.42. The standard InChI is InChI=1S/C46H63NO2/c1-31(2)7-6-8-32(3)41-23-24-42-40-22-15-36-29-46(34-11-18-38(48)19-12-34,28-27-44(36,4)43(40)25-26-45(41,42)5)35-13-20-39(21-14-35)49-30-33-9-16-37(47)17-10-33/h9-14,16-21,31-32,36,40-43,48H,6-8,15,22-30,47H2,1-5H3. The lowest BCUT2D eigenvalue weighted by Crippen LogP contribution is -2.55. The molecule has 3 N–H and O–H groups in total. The largest absolute Gasteiger partial charge is 0.508 e. The van der Waals surface area contributed by atoms with Crippen molar-refractivity contribution < 1.29 is 9.84 Å². The van der Waals surface area contributed by atoms with E-state index in [-0.39, 0.29) is 5.41 Å². The van der Waals surface area contributed by atoms with Gasteiger partial charge in [0.1, 0.15) is 18.1 Å². The van der Waals surface area contributed by atoms with Crippen LogP contribution in [-0.4, -0.2) is 5.11 Å². The fraction of sp³-hybridized carbons (Fsp3) is 0.609. The van der Waals surface area contributed by atoms with Crippen LogP contribution in [0.3, 0.4) is 0 Å². The first kappa shape index (κ1) is 34.5. The molecule has 3 aromatic rings. The summed E-state index contributed by atoms with van der Waals surface area (Å²) in [6.45, 7) is 13.3. The summed E-state index contributed by atoms with van der Waals surface area (Å²) in [6.07, 6.45) is 16.5. The van der Waals surface area contributed by atoms with Crippen molar-refractivity contribution in [2.45, 2.75) is 124 Å². The van der Waals surface area contributed by atoms with Crippen LogP contribution in [0.15, 0.2) is 72.8 Å². The predicted octanol–water partition coefficient (Wildman–Crippen LogP) is 12.0. The molecule has 9 unspecified atom stereocenters. The van der Waals surface area contributed by atoms with Crippen molar-refractivity contribution in [3.8, 4) is 11.5 Å². The Morgan fingerprint density at radius 3 is 2.10 bits per heavy atom. The summed E-state index contributed by atoms with van der Waals surface area (Å²) >= 11 is 0. The number of hydrogen-bond acceptors (Lipinski definition) is 3. The number of rotatable bonds is 10. The average molecular weight is 662 g/mol. The molecule has 264 valence electrons. The Bertz CT molecular complexity index is 1550. The van der Waals surface area contributed by atoms with Gasteiger partial charge in [-0.2, -0.15) is 0 Å². The molecule has 49 heavy (non-hydrogen) atoms. The van der Waals surface area contributed by atoms with E-state index in [1.807, 2.05) is 36.4 Å². The van der Waals surface area contributed by atoms with Crippen LogP contribution >= 0.6 is 0 Å². The molecule has 4 aliphatic rings. The molecule has 0 spiro atoms. The maximum absolute atomic E-state index is 10.3. The highest BCUT2D eigenvalue weighted by Crippen LogP contribution is 2.70. The summed E-state index contributed by atoms with van der Waals surface area (Å²) in [5, 5.41) is 10.3. The van der Waals surface area contributed by atoms with E-state index in [1.54, 1.807) is 0 Å². The molecule has 0 bridgehead atoms. The maximum Gasteiger partial charge on any atom is 0.119 e. The van der Waals surface area contributed by atoms with Crippen molar-refractivity contribution in [1.29, 1.82) is 0 Å². The van der Waals surface area contributed by atoms with Gasteiger partial charge in [0.2, 0.25) is 0 Å². The zero-order valence-electron chi connectivity index (χ0n) is 31.1. The molecular formula is C46H63NO2. The number of nitrogens with two attached hydrogens (primary N) is 1. The molecule has 4 fully saturated rings. The monoisotopic (exact) mass is 661 g/mol. The van der Waals surface area contributed by atoms with Gasteiger partial charge < -0.3 is 15.6 Å². The Kier molecular flexibility index (Phi) is 9.61. The Labute approximate surface area is 297 Å². The molecule has 9 atom stereocenters. The summed E-state index contributed by atoms with van der Waals surface area (Å²) < 4.78 is 6.21.